The van der Waals surface area contributed by atoms with E-state index in [0.29, 0.717) is 6.42 Å². The lowest BCUT2D eigenvalue weighted by atomic mass is 10.3. The molecule has 0 aromatic carbocycles. The van der Waals surface area contributed by atoms with Crippen LogP contribution in [-0.2, 0) is 9.63 Å². The summed E-state index contributed by atoms with van der Waals surface area (Å²) in [6, 6.07) is 0. The van der Waals surface area contributed by atoms with Crippen LogP contribution in [0, 0.1) is 0 Å². The molecule has 0 N–H and O–H groups in total. The maximum atomic E-state index is 11.1. The minimum atomic E-state index is -0.111. The fourth-order valence-electron chi connectivity index (χ4n) is 0.863. The molecule has 0 saturated heterocycles. The molecule has 0 aliphatic heterocycles. The van der Waals surface area contributed by atoms with Crippen LogP contribution >= 0.6 is 0 Å². The highest BCUT2D eigenvalue weighted by Gasteiger charge is 2.06. The Morgan fingerprint density at radius 3 is 2.25 bits per heavy atom. The van der Waals surface area contributed by atoms with E-state index < -0.39 is 0 Å². The number of carbonyl (C=O) groups is 1. The second-order valence-corrected chi connectivity index (χ2v) is 2.68. The summed E-state index contributed by atoms with van der Waals surface area (Å²) in [5, 5.41) is 1.66. The first-order valence-corrected chi connectivity index (χ1v) is 4.70. The van der Waals surface area contributed by atoms with Gasteiger partial charge < -0.3 is 4.84 Å². The molecule has 0 radical (unpaired) electrons. The molecule has 0 amide bonds. The molecular formula is C9H19NO2. The molecule has 0 heterocycles. The van der Waals surface area contributed by atoms with Gasteiger partial charge in [-0.15, -0.1) is 5.06 Å². The van der Waals surface area contributed by atoms with Crippen molar-refractivity contribution in [3.63, 3.8) is 0 Å². The number of nitrogens with zero attached hydrogens (tertiary/aromatic N) is 1. The molecule has 0 aliphatic rings. The standard InChI is InChI=1S/C9H19NO2/c1-4-7-8-9(11)12-10(5-2)6-3/h4-8H2,1-3H3. The minimum absolute atomic E-state index is 0.111. The van der Waals surface area contributed by atoms with E-state index in [1.165, 1.54) is 0 Å². The van der Waals surface area contributed by atoms with Crippen LogP contribution in [0.4, 0.5) is 0 Å². The Hall–Kier alpha value is -0.570. The minimum Gasteiger partial charge on any atom is -0.368 e. The molecule has 0 unspecified atom stereocenters. The Balaban J connectivity index is 3.52. The van der Waals surface area contributed by atoms with Crippen molar-refractivity contribution in [1.82, 2.24) is 5.06 Å². The van der Waals surface area contributed by atoms with Gasteiger partial charge in [0.15, 0.2) is 0 Å². The van der Waals surface area contributed by atoms with E-state index in [1.807, 2.05) is 13.8 Å². The fourth-order valence-corrected chi connectivity index (χ4v) is 0.863. The zero-order valence-corrected chi connectivity index (χ0v) is 8.30. The zero-order chi connectivity index (χ0) is 9.40. The van der Waals surface area contributed by atoms with Gasteiger partial charge in [-0.3, -0.25) is 4.79 Å². The topological polar surface area (TPSA) is 29.5 Å². The number of hydrogen-bond donors (Lipinski definition) is 0. The second kappa shape index (κ2) is 7.10. The zero-order valence-electron chi connectivity index (χ0n) is 8.30. The van der Waals surface area contributed by atoms with Crippen LogP contribution in [0.25, 0.3) is 0 Å². The Kier molecular flexibility index (Phi) is 6.76. The van der Waals surface area contributed by atoms with Crippen LogP contribution in [0.5, 0.6) is 0 Å². The van der Waals surface area contributed by atoms with Crippen LogP contribution in [0.2, 0.25) is 0 Å². The van der Waals surface area contributed by atoms with Crippen LogP contribution in [-0.4, -0.2) is 24.1 Å². The monoisotopic (exact) mass is 173 g/mol. The van der Waals surface area contributed by atoms with Gasteiger partial charge in [0.2, 0.25) is 0 Å². The summed E-state index contributed by atoms with van der Waals surface area (Å²) in [5.74, 6) is -0.111. The van der Waals surface area contributed by atoms with E-state index in [9.17, 15) is 4.79 Å². The van der Waals surface area contributed by atoms with Crippen molar-refractivity contribution in [3.05, 3.63) is 0 Å². The van der Waals surface area contributed by atoms with Gasteiger partial charge in [-0.25, -0.2) is 0 Å². The Bertz CT molecular complexity index is 122. The number of hydroxylamine groups is 2. The summed E-state index contributed by atoms with van der Waals surface area (Å²) in [5.41, 5.74) is 0. The molecule has 0 aromatic rings. The summed E-state index contributed by atoms with van der Waals surface area (Å²) in [4.78, 5) is 16.1. The Morgan fingerprint density at radius 1 is 1.25 bits per heavy atom. The van der Waals surface area contributed by atoms with Gasteiger partial charge in [0.1, 0.15) is 0 Å². The summed E-state index contributed by atoms with van der Waals surface area (Å²) >= 11 is 0. The smallest absolute Gasteiger partial charge is 0.325 e. The van der Waals surface area contributed by atoms with Crippen LogP contribution in [0.3, 0.4) is 0 Å². The Labute approximate surface area is 74.6 Å². The van der Waals surface area contributed by atoms with Crippen molar-refractivity contribution < 1.29 is 9.63 Å². The molecule has 3 heteroatoms. The molecule has 0 saturated carbocycles. The molecule has 0 aliphatic carbocycles. The van der Waals surface area contributed by atoms with Gasteiger partial charge in [0, 0.05) is 19.5 Å². The lowest BCUT2D eigenvalue weighted by molar-refractivity contribution is -0.188. The van der Waals surface area contributed by atoms with Gasteiger partial charge in [-0.05, 0) is 20.3 Å². The normalized spacial score (nSPS) is 10.3. The first-order valence-electron chi connectivity index (χ1n) is 4.70. The van der Waals surface area contributed by atoms with E-state index in [-0.39, 0.29) is 5.97 Å². The average Bonchev–Trinajstić information content (AvgIpc) is 2.10. The molecule has 0 bridgehead atoms. The third-order valence-electron chi connectivity index (χ3n) is 1.67. The molecule has 12 heavy (non-hydrogen) atoms. The average molecular weight is 173 g/mol. The summed E-state index contributed by atoms with van der Waals surface area (Å²) in [7, 11) is 0. The van der Waals surface area contributed by atoms with Crippen LogP contribution < -0.4 is 0 Å². The van der Waals surface area contributed by atoms with Crippen molar-refractivity contribution in [2.75, 3.05) is 13.1 Å². The van der Waals surface area contributed by atoms with Crippen molar-refractivity contribution in [3.8, 4) is 0 Å². The molecule has 72 valence electrons. The number of carbonyl (C=O) groups excluding carboxylic acids is 1. The van der Waals surface area contributed by atoms with E-state index in [0.717, 1.165) is 25.9 Å². The van der Waals surface area contributed by atoms with Crippen LogP contribution in [0.1, 0.15) is 40.0 Å². The van der Waals surface area contributed by atoms with Gasteiger partial charge in [-0.1, -0.05) is 13.3 Å². The maximum Gasteiger partial charge on any atom is 0.325 e. The highest BCUT2D eigenvalue weighted by atomic mass is 16.7. The maximum absolute atomic E-state index is 11.1. The molecule has 3 nitrogen and oxygen atoms in total. The molecule has 0 rings (SSSR count). The predicted molar refractivity (Wildman–Crippen MR) is 48.5 cm³/mol. The van der Waals surface area contributed by atoms with E-state index in [2.05, 4.69) is 6.92 Å². The van der Waals surface area contributed by atoms with E-state index in [1.54, 1.807) is 5.06 Å². The van der Waals surface area contributed by atoms with Crippen molar-refractivity contribution >= 4 is 5.97 Å². The largest absolute Gasteiger partial charge is 0.368 e. The predicted octanol–water partition coefficient (Wildman–Crippen LogP) is 1.98. The molecule has 0 aromatic heterocycles. The first kappa shape index (κ1) is 11.4. The number of rotatable bonds is 6. The summed E-state index contributed by atoms with van der Waals surface area (Å²) in [6.07, 6.45) is 2.49. The SMILES string of the molecule is CCCCC(=O)ON(CC)CC. The van der Waals surface area contributed by atoms with E-state index in [4.69, 9.17) is 4.84 Å². The number of unbranched alkanes of at least 4 members (excludes halogenated alkanes) is 1. The third-order valence-corrected chi connectivity index (χ3v) is 1.67. The molecule has 0 fully saturated rings. The highest BCUT2D eigenvalue weighted by Crippen LogP contribution is 1.99. The molecule has 0 atom stereocenters. The number of hydrogen-bond acceptors (Lipinski definition) is 3. The van der Waals surface area contributed by atoms with Gasteiger partial charge in [0.05, 0.1) is 0 Å². The second-order valence-electron chi connectivity index (χ2n) is 2.68. The first-order chi connectivity index (χ1) is 5.74. The summed E-state index contributed by atoms with van der Waals surface area (Å²) in [6.45, 7) is 7.51. The molecule has 0 spiro atoms. The van der Waals surface area contributed by atoms with Gasteiger partial charge >= 0.3 is 5.97 Å². The quantitative estimate of drug-likeness (QED) is 0.575. The fraction of sp³-hybridized carbons (Fsp3) is 0.889. The lowest BCUT2D eigenvalue weighted by Crippen LogP contribution is -2.26. The third kappa shape index (κ3) is 5.13. The Morgan fingerprint density at radius 2 is 1.83 bits per heavy atom. The van der Waals surface area contributed by atoms with Gasteiger partial charge in [-0.2, -0.15) is 0 Å². The highest BCUT2D eigenvalue weighted by molar-refractivity contribution is 5.68. The van der Waals surface area contributed by atoms with Crippen molar-refractivity contribution in [2.45, 2.75) is 40.0 Å². The van der Waals surface area contributed by atoms with Crippen molar-refractivity contribution in [2.24, 2.45) is 0 Å². The molecular weight excluding hydrogens is 154 g/mol. The van der Waals surface area contributed by atoms with E-state index >= 15 is 0 Å². The van der Waals surface area contributed by atoms with Gasteiger partial charge in [0.25, 0.3) is 0 Å². The van der Waals surface area contributed by atoms with Crippen LogP contribution in [0.15, 0.2) is 0 Å². The lowest BCUT2D eigenvalue weighted by Gasteiger charge is -2.16. The van der Waals surface area contributed by atoms with Crippen molar-refractivity contribution in [1.29, 1.82) is 0 Å². The summed E-state index contributed by atoms with van der Waals surface area (Å²) < 4.78 is 0.